The average Bonchev–Trinajstić information content (AvgIpc) is 2.65. The Kier molecular flexibility index (Phi) is 7.52. The Bertz CT molecular complexity index is 727. The number of aryl methyl sites for hydroxylation is 3. The minimum atomic E-state index is -0.465. The van der Waals surface area contributed by atoms with Crippen LogP contribution < -0.4 is 14.8 Å². The fraction of sp³-hybridized carbons (Fsp3) is 0.409. The highest BCUT2D eigenvalue weighted by atomic mass is 16.5. The highest BCUT2D eigenvalue weighted by Gasteiger charge is 2.18. The summed E-state index contributed by atoms with van der Waals surface area (Å²) in [5.74, 6) is 1.59. The number of rotatable bonds is 9. The van der Waals surface area contributed by atoms with Gasteiger partial charge in [-0.15, -0.1) is 0 Å². The smallest absolute Gasteiger partial charge is 0.261 e. The van der Waals surface area contributed by atoms with Gasteiger partial charge in [0.25, 0.3) is 5.91 Å². The highest BCUT2D eigenvalue weighted by Crippen LogP contribution is 2.21. The normalized spacial score (nSPS) is 11.7. The molecule has 2 aromatic carbocycles. The number of carbonyl (C=O) groups excluding carboxylic acids is 1. The molecule has 4 nitrogen and oxygen atoms in total. The number of hydrogen-bond donors (Lipinski definition) is 1. The number of nitrogens with one attached hydrogen (secondary N) is 1. The Hall–Kier alpha value is -2.49. The van der Waals surface area contributed by atoms with Gasteiger partial charge in [-0.25, -0.2) is 0 Å². The van der Waals surface area contributed by atoms with Crippen molar-refractivity contribution in [3.63, 3.8) is 0 Å². The number of carbonyl (C=O) groups is 1. The van der Waals surface area contributed by atoms with E-state index in [0.717, 1.165) is 35.5 Å². The second-order valence-corrected chi connectivity index (χ2v) is 6.53. The zero-order chi connectivity index (χ0) is 18.9. The van der Waals surface area contributed by atoms with Gasteiger partial charge in [-0.1, -0.05) is 31.2 Å². The van der Waals surface area contributed by atoms with Crippen LogP contribution in [-0.2, 0) is 11.2 Å². The van der Waals surface area contributed by atoms with Crippen molar-refractivity contribution in [2.75, 3.05) is 13.7 Å². The molecule has 2 aromatic rings. The molecule has 0 spiro atoms. The lowest BCUT2D eigenvalue weighted by molar-refractivity contribution is -0.128. The van der Waals surface area contributed by atoms with Gasteiger partial charge in [0.05, 0.1) is 7.11 Å². The monoisotopic (exact) mass is 355 g/mol. The summed E-state index contributed by atoms with van der Waals surface area (Å²) in [7, 11) is 1.67. The molecule has 0 unspecified atom stereocenters. The first kappa shape index (κ1) is 19.8. The average molecular weight is 355 g/mol. The van der Waals surface area contributed by atoms with Gasteiger partial charge < -0.3 is 14.8 Å². The quantitative estimate of drug-likeness (QED) is 0.685. The van der Waals surface area contributed by atoms with Crippen LogP contribution in [0.5, 0.6) is 11.5 Å². The maximum Gasteiger partial charge on any atom is 0.261 e. The molecule has 4 heteroatoms. The number of benzene rings is 2. The molecular weight excluding hydrogens is 326 g/mol. The molecule has 0 saturated carbocycles. The Labute approximate surface area is 156 Å². The van der Waals surface area contributed by atoms with Gasteiger partial charge in [-0.05, 0) is 68.0 Å². The van der Waals surface area contributed by atoms with E-state index < -0.39 is 6.10 Å². The molecule has 0 aromatic heterocycles. The zero-order valence-corrected chi connectivity index (χ0v) is 16.2. The zero-order valence-electron chi connectivity index (χ0n) is 16.2. The van der Waals surface area contributed by atoms with Crippen molar-refractivity contribution in [1.82, 2.24) is 5.32 Å². The first-order valence-corrected chi connectivity index (χ1v) is 9.18. The Morgan fingerprint density at radius 3 is 2.69 bits per heavy atom. The highest BCUT2D eigenvalue weighted by molar-refractivity contribution is 5.81. The second kappa shape index (κ2) is 9.85. The molecule has 0 aliphatic carbocycles. The van der Waals surface area contributed by atoms with Crippen molar-refractivity contribution in [3.8, 4) is 11.5 Å². The summed E-state index contributed by atoms with van der Waals surface area (Å²) >= 11 is 0. The van der Waals surface area contributed by atoms with E-state index >= 15 is 0 Å². The summed E-state index contributed by atoms with van der Waals surface area (Å²) < 4.78 is 11.2. The topological polar surface area (TPSA) is 47.6 Å². The van der Waals surface area contributed by atoms with Gasteiger partial charge >= 0.3 is 0 Å². The van der Waals surface area contributed by atoms with Crippen LogP contribution in [0.4, 0.5) is 0 Å². The van der Waals surface area contributed by atoms with Crippen LogP contribution >= 0.6 is 0 Å². The van der Waals surface area contributed by atoms with Crippen LogP contribution in [0.2, 0.25) is 0 Å². The van der Waals surface area contributed by atoms with Gasteiger partial charge in [0.2, 0.25) is 0 Å². The van der Waals surface area contributed by atoms with E-state index in [1.54, 1.807) is 7.11 Å². The molecule has 140 valence electrons. The van der Waals surface area contributed by atoms with E-state index in [2.05, 4.69) is 11.4 Å². The largest absolute Gasteiger partial charge is 0.497 e. The number of ether oxygens (including phenoxy) is 2. The van der Waals surface area contributed by atoms with Crippen molar-refractivity contribution in [1.29, 1.82) is 0 Å². The van der Waals surface area contributed by atoms with Crippen molar-refractivity contribution in [3.05, 3.63) is 59.2 Å². The molecule has 0 heterocycles. The predicted octanol–water partition coefficient (Wildman–Crippen LogP) is 4.22. The van der Waals surface area contributed by atoms with Gasteiger partial charge in [-0.2, -0.15) is 0 Å². The molecule has 0 aliphatic rings. The fourth-order valence-electron chi connectivity index (χ4n) is 2.76. The molecule has 0 saturated heterocycles. The van der Waals surface area contributed by atoms with E-state index in [1.807, 2.05) is 57.2 Å². The third kappa shape index (κ3) is 5.80. The first-order chi connectivity index (χ1) is 12.5. The molecular formula is C22H29NO3. The summed E-state index contributed by atoms with van der Waals surface area (Å²) in [6.07, 6.45) is 1.94. The van der Waals surface area contributed by atoms with Crippen LogP contribution in [0.25, 0.3) is 0 Å². The van der Waals surface area contributed by atoms with E-state index in [0.29, 0.717) is 13.0 Å². The Morgan fingerprint density at radius 1 is 1.15 bits per heavy atom. The predicted molar refractivity (Wildman–Crippen MR) is 105 cm³/mol. The minimum absolute atomic E-state index is 0.0564. The molecule has 0 bridgehead atoms. The van der Waals surface area contributed by atoms with E-state index in [-0.39, 0.29) is 5.91 Å². The van der Waals surface area contributed by atoms with Crippen LogP contribution in [0.15, 0.2) is 42.5 Å². The van der Waals surface area contributed by atoms with Crippen LogP contribution in [0, 0.1) is 13.8 Å². The lowest BCUT2D eigenvalue weighted by Crippen LogP contribution is -2.38. The number of methoxy groups -OCH3 is 1. The van der Waals surface area contributed by atoms with Crippen LogP contribution in [-0.4, -0.2) is 25.7 Å². The number of amides is 1. The molecule has 0 aliphatic heterocycles. The summed E-state index contributed by atoms with van der Waals surface area (Å²) in [5.41, 5.74) is 3.37. The van der Waals surface area contributed by atoms with Crippen LogP contribution in [0.1, 0.15) is 36.5 Å². The van der Waals surface area contributed by atoms with Crippen molar-refractivity contribution in [2.45, 2.75) is 46.1 Å². The Balaban J connectivity index is 1.82. The molecule has 1 atom stereocenters. The van der Waals surface area contributed by atoms with Gasteiger partial charge in [0, 0.05) is 6.54 Å². The van der Waals surface area contributed by atoms with Crippen LogP contribution in [0.3, 0.4) is 0 Å². The molecule has 2 rings (SSSR count). The fourth-order valence-corrected chi connectivity index (χ4v) is 2.76. The second-order valence-electron chi connectivity index (χ2n) is 6.53. The molecule has 1 amide bonds. The molecule has 1 N–H and O–H groups in total. The standard InChI is InChI=1S/C22H29NO3/c1-5-20(26-21-14-16(2)11-12-17(21)3)22(24)23-13-7-9-18-8-6-10-19(15-18)25-4/h6,8,10-12,14-15,20H,5,7,9,13H2,1-4H3,(H,23,24)/t20-/m0/s1. The van der Waals surface area contributed by atoms with E-state index in [9.17, 15) is 4.79 Å². The maximum atomic E-state index is 12.4. The van der Waals surface area contributed by atoms with Gasteiger partial charge in [0.15, 0.2) is 6.10 Å². The third-order valence-corrected chi connectivity index (χ3v) is 4.35. The number of hydrogen-bond acceptors (Lipinski definition) is 3. The molecule has 0 radical (unpaired) electrons. The summed E-state index contributed by atoms with van der Waals surface area (Å²) in [4.78, 5) is 12.4. The first-order valence-electron chi connectivity index (χ1n) is 9.18. The minimum Gasteiger partial charge on any atom is -0.497 e. The van der Waals surface area contributed by atoms with Gasteiger partial charge in [0.1, 0.15) is 11.5 Å². The van der Waals surface area contributed by atoms with Crippen molar-refractivity contribution in [2.24, 2.45) is 0 Å². The third-order valence-electron chi connectivity index (χ3n) is 4.35. The summed E-state index contributed by atoms with van der Waals surface area (Å²) in [5, 5.41) is 2.99. The molecule has 0 fully saturated rings. The van der Waals surface area contributed by atoms with E-state index in [4.69, 9.17) is 9.47 Å². The van der Waals surface area contributed by atoms with Gasteiger partial charge in [-0.3, -0.25) is 4.79 Å². The maximum absolute atomic E-state index is 12.4. The molecule has 26 heavy (non-hydrogen) atoms. The summed E-state index contributed by atoms with van der Waals surface area (Å²) in [6, 6.07) is 14.1. The lowest BCUT2D eigenvalue weighted by Gasteiger charge is -2.19. The van der Waals surface area contributed by atoms with Crippen molar-refractivity contribution >= 4 is 5.91 Å². The van der Waals surface area contributed by atoms with Crippen molar-refractivity contribution < 1.29 is 14.3 Å². The Morgan fingerprint density at radius 2 is 1.96 bits per heavy atom. The summed E-state index contributed by atoms with van der Waals surface area (Å²) in [6.45, 7) is 6.60. The lowest BCUT2D eigenvalue weighted by atomic mass is 10.1. The van der Waals surface area contributed by atoms with E-state index in [1.165, 1.54) is 5.56 Å². The SMILES string of the molecule is CC[C@H](Oc1cc(C)ccc1C)C(=O)NCCCc1cccc(OC)c1.